The highest BCUT2D eigenvalue weighted by atomic mass is 16.5. The van der Waals surface area contributed by atoms with Crippen LogP contribution in [0.5, 0.6) is 0 Å². The molecule has 1 heterocycles. The molecule has 3 nitrogen and oxygen atoms in total. The molecule has 0 amide bonds. The van der Waals surface area contributed by atoms with Crippen LogP contribution in [-0.4, -0.2) is 37.5 Å². The summed E-state index contributed by atoms with van der Waals surface area (Å²) in [4.78, 5) is 0. The average Bonchev–Trinajstić information content (AvgIpc) is 2.14. The van der Waals surface area contributed by atoms with E-state index in [9.17, 15) is 0 Å². The number of nitrogens with one attached hydrogen (secondary N) is 1. The SMILES string of the molecule is CNC1COCC1O. The fraction of sp³-hybridized carbons (Fsp3) is 1.00. The van der Waals surface area contributed by atoms with Gasteiger partial charge in [-0.1, -0.05) is 0 Å². The molecule has 1 fully saturated rings. The molecule has 1 saturated heterocycles. The molecule has 0 saturated carbocycles. The van der Waals surface area contributed by atoms with Crippen LogP contribution >= 0.6 is 0 Å². The van der Waals surface area contributed by atoms with Crippen molar-refractivity contribution in [1.82, 2.24) is 5.32 Å². The summed E-state index contributed by atoms with van der Waals surface area (Å²) in [5.41, 5.74) is 0. The predicted molar refractivity (Wildman–Crippen MR) is 29.7 cm³/mol. The van der Waals surface area contributed by atoms with E-state index >= 15 is 0 Å². The molecule has 0 aromatic heterocycles. The van der Waals surface area contributed by atoms with Gasteiger partial charge < -0.3 is 15.2 Å². The summed E-state index contributed by atoms with van der Waals surface area (Å²) in [6.07, 6.45) is -0.306. The van der Waals surface area contributed by atoms with Gasteiger partial charge in [-0.15, -0.1) is 0 Å². The normalized spacial score (nSPS) is 38.2. The minimum Gasteiger partial charge on any atom is -0.389 e. The zero-order valence-electron chi connectivity index (χ0n) is 4.92. The van der Waals surface area contributed by atoms with Crippen LogP contribution in [0.1, 0.15) is 0 Å². The fourth-order valence-electron chi connectivity index (χ4n) is 0.819. The van der Waals surface area contributed by atoms with Crippen molar-refractivity contribution in [2.24, 2.45) is 0 Å². The second kappa shape index (κ2) is 2.44. The predicted octanol–water partition coefficient (Wildman–Crippen LogP) is -1.03. The molecule has 0 spiro atoms. The van der Waals surface area contributed by atoms with Crippen LogP contribution < -0.4 is 5.32 Å². The highest BCUT2D eigenvalue weighted by Crippen LogP contribution is 2.02. The van der Waals surface area contributed by atoms with Gasteiger partial charge in [0, 0.05) is 0 Å². The van der Waals surface area contributed by atoms with Crippen molar-refractivity contribution in [2.75, 3.05) is 20.3 Å². The van der Waals surface area contributed by atoms with Crippen LogP contribution in [0.3, 0.4) is 0 Å². The number of hydrogen-bond acceptors (Lipinski definition) is 3. The van der Waals surface area contributed by atoms with Crippen LogP contribution in [0.15, 0.2) is 0 Å². The molecule has 8 heavy (non-hydrogen) atoms. The van der Waals surface area contributed by atoms with E-state index in [2.05, 4.69) is 5.32 Å². The van der Waals surface area contributed by atoms with E-state index < -0.39 is 0 Å². The first-order chi connectivity index (χ1) is 3.84. The number of ether oxygens (including phenoxy) is 1. The Labute approximate surface area is 48.7 Å². The number of aliphatic hydroxyl groups excluding tert-OH is 1. The smallest absolute Gasteiger partial charge is 0.0948 e. The maximum atomic E-state index is 9.00. The molecule has 1 aliphatic rings. The first-order valence-electron chi connectivity index (χ1n) is 2.77. The second-order valence-electron chi connectivity index (χ2n) is 2.00. The molecular weight excluding hydrogens is 106 g/mol. The largest absolute Gasteiger partial charge is 0.389 e. The van der Waals surface area contributed by atoms with Gasteiger partial charge in [0.2, 0.25) is 0 Å². The van der Waals surface area contributed by atoms with Crippen LogP contribution in [-0.2, 0) is 4.74 Å². The van der Waals surface area contributed by atoms with Crippen molar-refractivity contribution in [1.29, 1.82) is 0 Å². The summed E-state index contributed by atoms with van der Waals surface area (Å²) in [6.45, 7) is 1.11. The highest BCUT2D eigenvalue weighted by Gasteiger charge is 2.23. The van der Waals surface area contributed by atoms with E-state index in [0.29, 0.717) is 13.2 Å². The van der Waals surface area contributed by atoms with E-state index in [-0.39, 0.29) is 12.1 Å². The molecule has 2 unspecified atom stereocenters. The molecule has 1 aliphatic heterocycles. The topological polar surface area (TPSA) is 41.5 Å². The van der Waals surface area contributed by atoms with Gasteiger partial charge in [0.25, 0.3) is 0 Å². The first kappa shape index (κ1) is 6.01. The first-order valence-corrected chi connectivity index (χ1v) is 2.77. The Morgan fingerprint density at radius 2 is 2.38 bits per heavy atom. The van der Waals surface area contributed by atoms with Gasteiger partial charge >= 0.3 is 0 Å². The Bertz CT molecular complexity index is 76.8. The van der Waals surface area contributed by atoms with E-state index in [0.717, 1.165) is 0 Å². The van der Waals surface area contributed by atoms with Gasteiger partial charge in [0.1, 0.15) is 0 Å². The number of rotatable bonds is 1. The minimum atomic E-state index is -0.306. The van der Waals surface area contributed by atoms with Crippen LogP contribution in [0.25, 0.3) is 0 Å². The van der Waals surface area contributed by atoms with Crippen LogP contribution in [0.4, 0.5) is 0 Å². The van der Waals surface area contributed by atoms with Crippen molar-refractivity contribution in [3.05, 3.63) is 0 Å². The Kier molecular flexibility index (Phi) is 1.83. The van der Waals surface area contributed by atoms with Gasteiger partial charge in [-0.05, 0) is 7.05 Å². The summed E-state index contributed by atoms with van der Waals surface area (Å²) >= 11 is 0. The standard InChI is InChI=1S/C5H11NO2/c1-6-4-2-8-3-5(4)7/h4-7H,2-3H2,1H3. The Hall–Kier alpha value is -0.120. The number of aliphatic hydroxyl groups is 1. The van der Waals surface area contributed by atoms with Gasteiger partial charge in [-0.3, -0.25) is 0 Å². The molecular formula is C5H11NO2. The summed E-state index contributed by atoms with van der Waals surface area (Å²) in [6, 6.07) is 0.148. The molecule has 2 N–H and O–H groups in total. The van der Waals surface area contributed by atoms with Crippen molar-refractivity contribution >= 4 is 0 Å². The zero-order valence-corrected chi connectivity index (χ0v) is 4.92. The molecule has 0 radical (unpaired) electrons. The lowest BCUT2D eigenvalue weighted by Crippen LogP contribution is -2.35. The maximum absolute atomic E-state index is 9.00. The Morgan fingerprint density at radius 1 is 1.62 bits per heavy atom. The van der Waals surface area contributed by atoms with Crippen molar-refractivity contribution in [3.8, 4) is 0 Å². The zero-order chi connectivity index (χ0) is 5.98. The highest BCUT2D eigenvalue weighted by molar-refractivity contribution is 4.78. The quantitative estimate of drug-likeness (QED) is 0.461. The second-order valence-corrected chi connectivity index (χ2v) is 2.00. The summed E-state index contributed by atoms with van der Waals surface area (Å²) < 4.78 is 4.95. The van der Waals surface area contributed by atoms with Crippen molar-refractivity contribution in [2.45, 2.75) is 12.1 Å². The molecule has 0 aliphatic carbocycles. The maximum Gasteiger partial charge on any atom is 0.0948 e. The van der Waals surface area contributed by atoms with Gasteiger partial charge in [0.05, 0.1) is 25.4 Å². The Morgan fingerprint density at radius 3 is 2.62 bits per heavy atom. The fourth-order valence-corrected chi connectivity index (χ4v) is 0.819. The summed E-state index contributed by atoms with van der Waals surface area (Å²) in [7, 11) is 1.82. The third-order valence-corrected chi connectivity index (χ3v) is 1.42. The Balaban J connectivity index is 2.30. The molecule has 0 aromatic rings. The molecule has 3 heteroatoms. The molecule has 1 rings (SSSR count). The van der Waals surface area contributed by atoms with E-state index in [1.165, 1.54) is 0 Å². The van der Waals surface area contributed by atoms with Crippen LogP contribution in [0, 0.1) is 0 Å². The van der Waals surface area contributed by atoms with Crippen LogP contribution in [0.2, 0.25) is 0 Å². The monoisotopic (exact) mass is 117 g/mol. The minimum absolute atomic E-state index is 0.148. The average molecular weight is 117 g/mol. The summed E-state index contributed by atoms with van der Waals surface area (Å²) in [5, 5.41) is 11.9. The summed E-state index contributed by atoms with van der Waals surface area (Å²) in [5.74, 6) is 0. The third kappa shape index (κ3) is 0.992. The van der Waals surface area contributed by atoms with Crippen molar-refractivity contribution in [3.63, 3.8) is 0 Å². The van der Waals surface area contributed by atoms with Gasteiger partial charge in [-0.25, -0.2) is 0 Å². The lowest BCUT2D eigenvalue weighted by atomic mass is 10.2. The van der Waals surface area contributed by atoms with Gasteiger partial charge in [-0.2, -0.15) is 0 Å². The lowest BCUT2D eigenvalue weighted by molar-refractivity contribution is 0.123. The number of likely N-dealkylation sites (N-methyl/N-ethyl adjacent to an activating group) is 1. The third-order valence-electron chi connectivity index (χ3n) is 1.42. The molecule has 48 valence electrons. The molecule has 0 aromatic carbocycles. The number of hydrogen-bond donors (Lipinski definition) is 2. The van der Waals surface area contributed by atoms with Gasteiger partial charge in [0.15, 0.2) is 0 Å². The molecule has 2 atom stereocenters. The van der Waals surface area contributed by atoms with E-state index in [4.69, 9.17) is 9.84 Å². The van der Waals surface area contributed by atoms with E-state index in [1.807, 2.05) is 7.05 Å². The van der Waals surface area contributed by atoms with Crippen molar-refractivity contribution < 1.29 is 9.84 Å². The molecule has 0 bridgehead atoms. The van der Waals surface area contributed by atoms with E-state index in [1.54, 1.807) is 0 Å². The lowest BCUT2D eigenvalue weighted by Gasteiger charge is -2.08.